The van der Waals surface area contributed by atoms with Crippen LogP contribution in [0.1, 0.15) is 12.5 Å². The van der Waals surface area contributed by atoms with Gasteiger partial charge in [0.1, 0.15) is 12.6 Å². The maximum absolute atomic E-state index is 13.3. The molecule has 0 heterocycles. The second-order valence-electron chi connectivity index (χ2n) is 6.94. The Morgan fingerprint density at radius 3 is 2.09 bits per heavy atom. The van der Waals surface area contributed by atoms with Crippen molar-refractivity contribution in [2.45, 2.75) is 19.5 Å². The molecule has 0 fully saturated rings. The van der Waals surface area contributed by atoms with E-state index in [1.165, 1.54) is 43.1 Å². The third kappa shape index (κ3) is 6.89. The van der Waals surface area contributed by atoms with Gasteiger partial charge >= 0.3 is 0 Å². The number of carbonyl (C=O) groups excluding carboxylic acids is 2. The highest BCUT2D eigenvalue weighted by Gasteiger charge is 2.30. The van der Waals surface area contributed by atoms with Gasteiger partial charge in [0.05, 0.1) is 11.9 Å². The highest BCUT2D eigenvalue weighted by molar-refractivity contribution is 7.92. The number of nitrogens with one attached hydrogen (secondary N) is 1. The van der Waals surface area contributed by atoms with Gasteiger partial charge < -0.3 is 10.2 Å². The maximum Gasteiger partial charge on any atom is 0.244 e. The highest BCUT2D eigenvalue weighted by atomic mass is 35.5. The molecule has 0 saturated heterocycles. The average molecular weight is 541 g/mol. The molecule has 7 nitrogen and oxygen atoms in total. The third-order valence-electron chi connectivity index (χ3n) is 4.58. The van der Waals surface area contributed by atoms with Crippen LogP contribution in [-0.4, -0.2) is 51.0 Å². The zero-order chi connectivity index (χ0) is 24.2. The Balaban J connectivity index is 2.44. The van der Waals surface area contributed by atoms with E-state index in [1.807, 2.05) is 0 Å². The number of halogens is 4. The van der Waals surface area contributed by atoms with Gasteiger partial charge in [-0.25, -0.2) is 8.42 Å². The van der Waals surface area contributed by atoms with Crippen LogP contribution in [0, 0.1) is 0 Å². The zero-order valence-electron chi connectivity index (χ0n) is 17.4. The predicted octanol–water partition coefficient (Wildman–Crippen LogP) is 4.23. The fourth-order valence-electron chi connectivity index (χ4n) is 2.92. The van der Waals surface area contributed by atoms with Crippen molar-refractivity contribution >= 4 is 73.9 Å². The number of hydrogen-bond acceptors (Lipinski definition) is 4. The largest absolute Gasteiger partial charge is 0.357 e. The lowest BCUT2D eigenvalue weighted by atomic mass is 10.1. The van der Waals surface area contributed by atoms with Crippen molar-refractivity contribution in [1.29, 1.82) is 0 Å². The molecule has 32 heavy (non-hydrogen) atoms. The van der Waals surface area contributed by atoms with E-state index in [0.29, 0.717) is 15.6 Å². The van der Waals surface area contributed by atoms with E-state index in [2.05, 4.69) is 5.32 Å². The number of likely N-dealkylation sites (N-methyl/N-ethyl adjacent to an activating group) is 1. The summed E-state index contributed by atoms with van der Waals surface area (Å²) in [4.78, 5) is 26.8. The first kappa shape index (κ1) is 26.5. The molecule has 2 rings (SSSR count). The molecule has 0 spiro atoms. The maximum atomic E-state index is 13.3. The van der Waals surface area contributed by atoms with Crippen LogP contribution >= 0.6 is 46.4 Å². The Hall–Kier alpha value is -1.71. The number of benzene rings is 2. The molecule has 0 radical (unpaired) electrons. The van der Waals surface area contributed by atoms with E-state index >= 15 is 0 Å². The van der Waals surface area contributed by atoms with Crippen LogP contribution in [-0.2, 0) is 26.2 Å². The van der Waals surface area contributed by atoms with E-state index in [0.717, 1.165) is 10.6 Å². The van der Waals surface area contributed by atoms with Crippen molar-refractivity contribution in [2.24, 2.45) is 0 Å². The van der Waals surface area contributed by atoms with Gasteiger partial charge in [-0.1, -0.05) is 52.5 Å². The summed E-state index contributed by atoms with van der Waals surface area (Å²) in [7, 11) is -2.46. The van der Waals surface area contributed by atoms with Gasteiger partial charge in [0.15, 0.2) is 0 Å². The zero-order valence-corrected chi connectivity index (χ0v) is 21.2. The topological polar surface area (TPSA) is 86.8 Å². The van der Waals surface area contributed by atoms with Crippen LogP contribution in [0.2, 0.25) is 20.1 Å². The Kier molecular flexibility index (Phi) is 9.07. The standard InChI is InChI=1S/C20H21Cl4N3O4S/c1-12(20(29)25-2)26(10-13-4-5-14(21)9-18(13)24)19(28)11-27(32(3,30)31)17-7-15(22)6-16(23)8-17/h4-9,12H,10-11H2,1-3H3,(H,25,29)/t12-/m1/s1. The molecule has 0 unspecified atom stereocenters. The third-order valence-corrected chi connectivity index (χ3v) is 6.75. The lowest BCUT2D eigenvalue weighted by Crippen LogP contribution is -2.50. The van der Waals surface area contributed by atoms with Crippen LogP contribution in [0.4, 0.5) is 5.69 Å². The molecule has 0 aliphatic heterocycles. The number of hydrogen-bond donors (Lipinski definition) is 1. The van der Waals surface area contributed by atoms with Crippen LogP contribution in [0.5, 0.6) is 0 Å². The summed E-state index contributed by atoms with van der Waals surface area (Å²) in [6, 6.07) is 8.04. The number of nitrogens with zero attached hydrogens (tertiary/aromatic N) is 2. The second kappa shape index (κ2) is 10.9. The molecule has 1 N–H and O–H groups in total. The van der Waals surface area contributed by atoms with Gasteiger partial charge in [0.2, 0.25) is 21.8 Å². The fraction of sp³-hybridized carbons (Fsp3) is 0.300. The monoisotopic (exact) mass is 539 g/mol. The van der Waals surface area contributed by atoms with Crippen molar-refractivity contribution in [3.63, 3.8) is 0 Å². The number of carbonyl (C=O) groups is 2. The fourth-order valence-corrected chi connectivity index (χ4v) is 4.74. The molecule has 0 aromatic heterocycles. The predicted molar refractivity (Wildman–Crippen MR) is 129 cm³/mol. The Bertz CT molecular complexity index is 1110. The van der Waals surface area contributed by atoms with Gasteiger partial charge in [0, 0.05) is 33.7 Å². The molecular formula is C20H21Cl4N3O4S. The second-order valence-corrected chi connectivity index (χ2v) is 10.6. The number of anilines is 1. The molecule has 0 aliphatic carbocycles. The van der Waals surface area contributed by atoms with Gasteiger partial charge in [-0.05, 0) is 42.8 Å². The minimum Gasteiger partial charge on any atom is -0.357 e. The van der Waals surface area contributed by atoms with Crippen molar-refractivity contribution in [2.75, 3.05) is 24.2 Å². The van der Waals surface area contributed by atoms with E-state index in [9.17, 15) is 18.0 Å². The van der Waals surface area contributed by atoms with Gasteiger partial charge in [0.25, 0.3) is 0 Å². The summed E-state index contributed by atoms with van der Waals surface area (Å²) in [5.74, 6) is -1.06. The average Bonchev–Trinajstić information content (AvgIpc) is 2.68. The summed E-state index contributed by atoms with van der Waals surface area (Å²) in [6.07, 6.45) is 0.956. The Morgan fingerprint density at radius 1 is 1.00 bits per heavy atom. The first-order chi connectivity index (χ1) is 14.8. The number of rotatable bonds is 8. The normalized spacial score (nSPS) is 12.2. The van der Waals surface area contributed by atoms with E-state index < -0.39 is 34.4 Å². The minimum atomic E-state index is -3.89. The summed E-state index contributed by atoms with van der Waals surface area (Å²) < 4.78 is 25.8. The molecule has 12 heteroatoms. The first-order valence-electron chi connectivity index (χ1n) is 9.22. The lowest BCUT2D eigenvalue weighted by molar-refractivity contribution is -0.139. The lowest BCUT2D eigenvalue weighted by Gasteiger charge is -2.31. The minimum absolute atomic E-state index is 0.0443. The molecule has 174 valence electrons. The molecule has 0 bridgehead atoms. The Morgan fingerprint density at radius 2 is 1.59 bits per heavy atom. The van der Waals surface area contributed by atoms with Crippen molar-refractivity contribution in [1.82, 2.24) is 10.2 Å². The summed E-state index contributed by atoms with van der Waals surface area (Å²) in [5.41, 5.74) is 0.660. The summed E-state index contributed by atoms with van der Waals surface area (Å²) >= 11 is 24.2. The number of amides is 2. The number of sulfonamides is 1. The SMILES string of the molecule is CNC(=O)[C@@H](C)N(Cc1ccc(Cl)cc1Cl)C(=O)CN(c1cc(Cl)cc(Cl)c1)S(C)(=O)=O. The van der Waals surface area contributed by atoms with E-state index in [-0.39, 0.29) is 22.3 Å². The van der Waals surface area contributed by atoms with Crippen molar-refractivity contribution < 1.29 is 18.0 Å². The van der Waals surface area contributed by atoms with Gasteiger partial charge in [-0.15, -0.1) is 0 Å². The smallest absolute Gasteiger partial charge is 0.244 e. The summed E-state index contributed by atoms with van der Waals surface area (Å²) in [6.45, 7) is 0.904. The highest BCUT2D eigenvalue weighted by Crippen LogP contribution is 2.28. The molecular weight excluding hydrogens is 520 g/mol. The summed E-state index contributed by atoms with van der Waals surface area (Å²) in [5, 5.41) is 3.62. The van der Waals surface area contributed by atoms with Crippen molar-refractivity contribution in [3.05, 3.63) is 62.1 Å². The van der Waals surface area contributed by atoms with Gasteiger partial charge in [-0.2, -0.15) is 0 Å². The quantitative estimate of drug-likeness (QED) is 0.542. The molecule has 0 aliphatic rings. The van der Waals surface area contributed by atoms with Crippen LogP contribution in [0.15, 0.2) is 36.4 Å². The van der Waals surface area contributed by atoms with E-state index in [1.54, 1.807) is 12.1 Å². The van der Waals surface area contributed by atoms with Crippen molar-refractivity contribution in [3.8, 4) is 0 Å². The molecule has 1 atom stereocenters. The van der Waals surface area contributed by atoms with E-state index in [4.69, 9.17) is 46.4 Å². The van der Waals surface area contributed by atoms with Crippen LogP contribution in [0.25, 0.3) is 0 Å². The molecule has 2 aromatic rings. The van der Waals surface area contributed by atoms with Crippen LogP contribution < -0.4 is 9.62 Å². The van der Waals surface area contributed by atoms with Gasteiger partial charge in [-0.3, -0.25) is 13.9 Å². The first-order valence-corrected chi connectivity index (χ1v) is 12.6. The molecule has 2 amide bonds. The molecule has 2 aromatic carbocycles. The molecule has 0 saturated carbocycles. The van der Waals surface area contributed by atoms with Crippen LogP contribution in [0.3, 0.4) is 0 Å². The Labute approximate surface area is 207 Å².